The van der Waals surface area contributed by atoms with Gasteiger partial charge in [-0.2, -0.15) is 0 Å². The van der Waals surface area contributed by atoms with Crippen LogP contribution in [-0.2, 0) is 10.0 Å². The maximum Gasteiger partial charge on any atom is 0.263 e. The van der Waals surface area contributed by atoms with E-state index in [1.807, 2.05) is 51.1 Å². The Bertz CT molecular complexity index is 1260. The number of carbonyl (C=O) groups is 1. The number of ether oxygens (including phenoxy) is 1. The van der Waals surface area contributed by atoms with Crippen LogP contribution < -0.4 is 14.8 Å². The number of hydrogen-bond acceptors (Lipinski definition) is 4. The standard InChI is InChI=1S/C25H27ClN2O4S/c1-5-22(18-9-12-20(32-4)13-10-18)27-25(29)19-11-14-21(26)24(15-19)33(30,31)28-23-8-6-7-16(2)17(23)3/h6-15,22,28H,5H2,1-4H3,(H,27,29)/t22-/m1/s1. The van der Waals surface area contributed by atoms with Crippen LogP contribution in [0.5, 0.6) is 5.75 Å². The number of carbonyl (C=O) groups excluding carboxylic acids is 1. The highest BCUT2D eigenvalue weighted by Crippen LogP contribution is 2.28. The molecule has 1 amide bonds. The normalized spacial score (nSPS) is 12.2. The van der Waals surface area contributed by atoms with Gasteiger partial charge in [-0.05, 0) is 73.4 Å². The molecule has 0 bridgehead atoms. The van der Waals surface area contributed by atoms with Crippen LogP contribution in [0.25, 0.3) is 0 Å². The Morgan fingerprint density at radius 3 is 2.39 bits per heavy atom. The van der Waals surface area contributed by atoms with Crippen LogP contribution in [0.15, 0.2) is 65.6 Å². The van der Waals surface area contributed by atoms with Gasteiger partial charge in [-0.25, -0.2) is 8.42 Å². The lowest BCUT2D eigenvalue weighted by atomic mass is 10.0. The molecular formula is C25H27ClN2O4S. The Labute approximate surface area is 200 Å². The number of aryl methyl sites for hydroxylation is 1. The first-order valence-electron chi connectivity index (χ1n) is 10.5. The molecule has 6 nitrogen and oxygen atoms in total. The summed E-state index contributed by atoms with van der Waals surface area (Å²) in [4.78, 5) is 12.8. The van der Waals surface area contributed by atoms with Crippen molar-refractivity contribution in [3.8, 4) is 5.75 Å². The van der Waals surface area contributed by atoms with E-state index in [4.69, 9.17) is 16.3 Å². The molecule has 0 heterocycles. The first kappa shape index (κ1) is 24.6. The first-order chi connectivity index (χ1) is 15.7. The maximum atomic E-state index is 13.1. The second-order valence-corrected chi connectivity index (χ2v) is 9.76. The fourth-order valence-corrected chi connectivity index (χ4v) is 5.06. The largest absolute Gasteiger partial charge is 0.497 e. The molecule has 3 aromatic rings. The summed E-state index contributed by atoms with van der Waals surface area (Å²) >= 11 is 6.22. The van der Waals surface area contributed by atoms with Crippen molar-refractivity contribution >= 4 is 33.2 Å². The van der Waals surface area contributed by atoms with E-state index in [0.717, 1.165) is 22.4 Å². The average Bonchev–Trinajstić information content (AvgIpc) is 2.80. The van der Waals surface area contributed by atoms with Gasteiger partial charge in [-0.15, -0.1) is 0 Å². The predicted molar refractivity (Wildman–Crippen MR) is 132 cm³/mol. The van der Waals surface area contributed by atoms with Gasteiger partial charge in [-0.1, -0.05) is 42.8 Å². The van der Waals surface area contributed by atoms with Gasteiger partial charge in [0.1, 0.15) is 10.6 Å². The Balaban J connectivity index is 1.86. The minimum atomic E-state index is -4.01. The van der Waals surface area contributed by atoms with Crippen LogP contribution in [0, 0.1) is 13.8 Å². The van der Waals surface area contributed by atoms with E-state index in [1.54, 1.807) is 19.2 Å². The molecule has 174 valence electrons. The molecule has 33 heavy (non-hydrogen) atoms. The zero-order valence-electron chi connectivity index (χ0n) is 19.0. The fourth-order valence-electron chi connectivity index (χ4n) is 3.41. The SMILES string of the molecule is CC[C@@H](NC(=O)c1ccc(Cl)c(S(=O)(=O)Nc2cccc(C)c2C)c1)c1ccc(OC)cc1. The molecular weight excluding hydrogens is 460 g/mol. The van der Waals surface area contributed by atoms with E-state index in [9.17, 15) is 13.2 Å². The lowest BCUT2D eigenvalue weighted by Crippen LogP contribution is -2.28. The number of anilines is 1. The number of amides is 1. The number of benzene rings is 3. The van der Waals surface area contributed by atoms with E-state index in [-0.39, 0.29) is 21.5 Å². The van der Waals surface area contributed by atoms with E-state index >= 15 is 0 Å². The summed E-state index contributed by atoms with van der Waals surface area (Å²) < 4.78 is 33.9. The molecule has 0 saturated heterocycles. The minimum absolute atomic E-state index is 0.0338. The van der Waals surface area contributed by atoms with Crippen molar-refractivity contribution < 1.29 is 17.9 Å². The zero-order valence-corrected chi connectivity index (χ0v) is 20.5. The minimum Gasteiger partial charge on any atom is -0.497 e. The van der Waals surface area contributed by atoms with Crippen LogP contribution in [0.2, 0.25) is 5.02 Å². The van der Waals surface area contributed by atoms with Crippen LogP contribution in [0.1, 0.15) is 46.4 Å². The second-order valence-electron chi connectivity index (χ2n) is 7.71. The fraction of sp³-hybridized carbons (Fsp3) is 0.240. The summed E-state index contributed by atoms with van der Waals surface area (Å²) in [6, 6.07) is 16.8. The predicted octanol–water partition coefficient (Wildman–Crippen LogP) is 5.65. The molecule has 0 unspecified atom stereocenters. The molecule has 3 aromatic carbocycles. The summed E-state index contributed by atoms with van der Waals surface area (Å²) in [6.45, 7) is 5.70. The van der Waals surface area contributed by atoms with Crippen molar-refractivity contribution in [3.63, 3.8) is 0 Å². The lowest BCUT2D eigenvalue weighted by molar-refractivity contribution is 0.0935. The molecule has 0 aliphatic rings. The van der Waals surface area contributed by atoms with Gasteiger partial charge in [0.2, 0.25) is 0 Å². The van der Waals surface area contributed by atoms with Crippen molar-refractivity contribution in [2.75, 3.05) is 11.8 Å². The summed E-state index contributed by atoms with van der Waals surface area (Å²) in [7, 11) is -2.42. The molecule has 0 saturated carbocycles. The smallest absolute Gasteiger partial charge is 0.263 e. The molecule has 0 aromatic heterocycles. The third-order valence-electron chi connectivity index (χ3n) is 5.56. The summed E-state index contributed by atoms with van der Waals surface area (Å²) in [5, 5.41) is 3.00. The van der Waals surface area contributed by atoms with Crippen molar-refractivity contribution in [3.05, 3.63) is 87.9 Å². The molecule has 8 heteroatoms. The van der Waals surface area contributed by atoms with Gasteiger partial charge >= 0.3 is 0 Å². The lowest BCUT2D eigenvalue weighted by Gasteiger charge is -2.18. The van der Waals surface area contributed by atoms with Crippen molar-refractivity contribution in [1.82, 2.24) is 5.32 Å². The van der Waals surface area contributed by atoms with Gasteiger partial charge in [0.25, 0.3) is 15.9 Å². The van der Waals surface area contributed by atoms with Crippen LogP contribution >= 0.6 is 11.6 Å². The first-order valence-corrected chi connectivity index (χ1v) is 12.4. The van der Waals surface area contributed by atoms with Crippen LogP contribution in [0.3, 0.4) is 0 Å². The van der Waals surface area contributed by atoms with E-state index in [1.165, 1.54) is 18.2 Å². The number of hydrogen-bond donors (Lipinski definition) is 2. The van der Waals surface area contributed by atoms with E-state index < -0.39 is 15.9 Å². The Morgan fingerprint density at radius 1 is 1.06 bits per heavy atom. The maximum absolute atomic E-state index is 13.1. The number of nitrogens with one attached hydrogen (secondary N) is 2. The number of sulfonamides is 1. The number of rotatable bonds is 8. The highest BCUT2D eigenvalue weighted by atomic mass is 35.5. The highest BCUT2D eigenvalue weighted by molar-refractivity contribution is 7.92. The Morgan fingerprint density at radius 2 is 1.76 bits per heavy atom. The zero-order chi connectivity index (χ0) is 24.2. The summed E-state index contributed by atoms with van der Waals surface area (Å²) in [5.41, 5.74) is 3.36. The van der Waals surface area contributed by atoms with Crippen molar-refractivity contribution in [2.45, 2.75) is 38.1 Å². The van der Waals surface area contributed by atoms with Crippen molar-refractivity contribution in [1.29, 1.82) is 0 Å². The van der Waals surface area contributed by atoms with Gasteiger partial charge in [0.05, 0.1) is 23.9 Å². The van der Waals surface area contributed by atoms with Gasteiger partial charge in [-0.3, -0.25) is 9.52 Å². The second kappa shape index (κ2) is 10.3. The number of methoxy groups -OCH3 is 1. The third kappa shape index (κ3) is 5.67. The van der Waals surface area contributed by atoms with Crippen LogP contribution in [-0.4, -0.2) is 21.4 Å². The molecule has 1 atom stereocenters. The quantitative estimate of drug-likeness (QED) is 0.431. The molecule has 0 spiro atoms. The molecule has 0 aliphatic carbocycles. The summed E-state index contributed by atoms with van der Waals surface area (Å²) in [6.07, 6.45) is 0.658. The van der Waals surface area contributed by atoms with E-state index in [0.29, 0.717) is 12.1 Å². The third-order valence-corrected chi connectivity index (χ3v) is 7.41. The van der Waals surface area contributed by atoms with Crippen molar-refractivity contribution in [2.24, 2.45) is 0 Å². The Hall–Kier alpha value is -3.03. The number of halogens is 1. The van der Waals surface area contributed by atoms with Crippen LogP contribution in [0.4, 0.5) is 5.69 Å². The molecule has 3 rings (SSSR count). The summed E-state index contributed by atoms with van der Waals surface area (Å²) in [5.74, 6) is 0.335. The van der Waals surface area contributed by atoms with Gasteiger partial charge < -0.3 is 10.1 Å². The molecule has 2 N–H and O–H groups in total. The topological polar surface area (TPSA) is 84.5 Å². The monoisotopic (exact) mass is 486 g/mol. The highest BCUT2D eigenvalue weighted by Gasteiger charge is 2.22. The van der Waals surface area contributed by atoms with Gasteiger partial charge in [0, 0.05) is 5.56 Å². The molecule has 0 aliphatic heterocycles. The van der Waals surface area contributed by atoms with E-state index in [2.05, 4.69) is 10.0 Å². The molecule has 0 fully saturated rings. The molecule has 0 radical (unpaired) electrons. The van der Waals surface area contributed by atoms with Gasteiger partial charge in [0.15, 0.2) is 0 Å². The Kier molecular flexibility index (Phi) is 7.66. The average molecular weight is 487 g/mol.